The van der Waals surface area contributed by atoms with Crippen LogP contribution >= 0.6 is 0 Å². The molecule has 1 amide bonds. The lowest BCUT2D eigenvalue weighted by Crippen LogP contribution is -2.35. The molecule has 2 aromatic rings. The molecule has 1 saturated carbocycles. The molecule has 2 heterocycles. The van der Waals surface area contributed by atoms with Crippen molar-refractivity contribution in [3.63, 3.8) is 0 Å². The molecule has 1 aromatic carbocycles. The summed E-state index contributed by atoms with van der Waals surface area (Å²) in [7, 11) is 0. The topological polar surface area (TPSA) is 51.7 Å². The number of hydrogen-bond acceptors (Lipinski definition) is 4. The Morgan fingerprint density at radius 3 is 2.96 bits per heavy atom. The summed E-state index contributed by atoms with van der Waals surface area (Å²) in [5.74, 6) is 1.62. The Bertz CT molecular complexity index is 828. The van der Waals surface area contributed by atoms with Crippen molar-refractivity contribution >= 4 is 12.0 Å². The van der Waals surface area contributed by atoms with Gasteiger partial charge in [0.15, 0.2) is 0 Å². The molecule has 0 radical (unpaired) electrons. The van der Waals surface area contributed by atoms with Crippen molar-refractivity contribution in [2.24, 2.45) is 0 Å². The van der Waals surface area contributed by atoms with Crippen molar-refractivity contribution in [3.05, 3.63) is 59.4 Å². The molecule has 2 aliphatic rings. The number of ether oxygens (including phenoxy) is 2. The van der Waals surface area contributed by atoms with Gasteiger partial charge in [-0.05, 0) is 55.7 Å². The molecule has 1 aromatic heterocycles. The first kappa shape index (κ1) is 16.6. The van der Waals surface area contributed by atoms with Crippen LogP contribution in [0, 0.1) is 0 Å². The molecule has 4 rings (SSSR count). The van der Waals surface area contributed by atoms with Crippen molar-refractivity contribution < 1.29 is 14.3 Å². The average molecular weight is 350 g/mol. The molecule has 134 valence electrons. The lowest BCUT2D eigenvalue weighted by Gasteiger charge is -2.26. The van der Waals surface area contributed by atoms with Gasteiger partial charge >= 0.3 is 0 Å². The summed E-state index contributed by atoms with van der Waals surface area (Å²) in [5.41, 5.74) is 2.62. The van der Waals surface area contributed by atoms with Gasteiger partial charge in [0.05, 0.1) is 12.2 Å². The summed E-state index contributed by atoms with van der Waals surface area (Å²) in [6.07, 6.45) is 7.62. The van der Waals surface area contributed by atoms with Gasteiger partial charge in [-0.1, -0.05) is 6.07 Å². The third-order valence-corrected chi connectivity index (χ3v) is 4.60. The maximum absolute atomic E-state index is 13.1. The number of rotatable bonds is 6. The molecule has 0 bridgehead atoms. The van der Waals surface area contributed by atoms with Crippen LogP contribution in [0.15, 0.2) is 48.3 Å². The summed E-state index contributed by atoms with van der Waals surface area (Å²) < 4.78 is 11.4. The van der Waals surface area contributed by atoms with E-state index in [1.54, 1.807) is 6.20 Å². The minimum absolute atomic E-state index is 0.0452. The molecule has 26 heavy (non-hydrogen) atoms. The molecular formula is C21H22N2O3. The zero-order chi connectivity index (χ0) is 17.9. The summed E-state index contributed by atoms with van der Waals surface area (Å²) >= 11 is 0. The average Bonchev–Trinajstić information content (AvgIpc) is 3.51. The maximum Gasteiger partial charge on any atom is 0.253 e. The second-order valence-electron chi connectivity index (χ2n) is 6.62. The molecule has 5 nitrogen and oxygen atoms in total. The van der Waals surface area contributed by atoms with E-state index in [9.17, 15) is 4.79 Å². The van der Waals surface area contributed by atoms with Gasteiger partial charge in [-0.15, -0.1) is 0 Å². The Morgan fingerprint density at radius 2 is 2.23 bits per heavy atom. The minimum Gasteiger partial charge on any atom is -0.494 e. The van der Waals surface area contributed by atoms with E-state index in [0.29, 0.717) is 31.4 Å². The summed E-state index contributed by atoms with van der Waals surface area (Å²) in [4.78, 5) is 19.2. The molecule has 5 heteroatoms. The molecule has 0 spiro atoms. The first-order valence-electron chi connectivity index (χ1n) is 9.04. The molecule has 1 aliphatic heterocycles. The van der Waals surface area contributed by atoms with Gasteiger partial charge in [-0.2, -0.15) is 0 Å². The number of pyridine rings is 1. The van der Waals surface area contributed by atoms with E-state index < -0.39 is 0 Å². The summed E-state index contributed by atoms with van der Waals surface area (Å²) in [6, 6.07) is 9.94. The lowest BCUT2D eigenvalue weighted by atomic mass is 10.1. The molecular weight excluding hydrogens is 328 g/mol. The van der Waals surface area contributed by atoms with Gasteiger partial charge in [0.1, 0.15) is 18.1 Å². The Kier molecular flexibility index (Phi) is 4.61. The van der Waals surface area contributed by atoms with Crippen LogP contribution in [0.5, 0.6) is 11.5 Å². The van der Waals surface area contributed by atoms with E-state index in [2.05, 4.69) is 4.98 Å². The molecule has 0 atom stereocenters. The fourth-order valence-electron chi connectivity index (χ4n) is 3.16. The van der Waals surface area contributed by atoms with Crippen LogP contribution in [0.25, 0.3) is 6.08 Å². The molecule has 0 N–H and O–H groups in total. The molecule has 1 aliphatic carbocycles. The highest BCUT2D eigenvalue weighted by molar-refractivity contribution is 5.99. The molecule has 1 fully saturated rings. The largest absolute Gasteiger partial charge is 0.494 e. The predicted octanol–water partition coefficient (Wildman–Crippen LogP) is 3.45. The first-order chi connectivity index (χ1) is 12.7. The number of amides is 1. The third kappa shape index (κ3) is 3.57. The fraction of sp³-hybridized carbons (Fsp3) is 0.333. The van der Waals surface area contributed by atoms with E-state index in [1.165, 1.54) is 0 Å². The zero-order valence-electron chi connectivity index (χ0n) is 14.9. The Balaban J connectivity index is 1.57. The number of carbonyl (C=O) groups excluding carboxylic acids is 1. The lowest BCUT2D eigenvalue weighted by molar-refractivity contribution is -0.128. The van der Waals surface area contributed by atoms with Crippen LogP contribution in [0.4, 0.5) is 0 Å². The third-order valence-electron chi connectivity index (χ3n) is 4.60. The van der Waals surface area contributed by atoms with Crippen molar-refractivity contribution in [2.75, 3.05) is 13.2 Å². The van der Waals surface area contributed by atoms with E-state index in [0.717, 1.165) is 35.5 Å². The maximum atomic E-state index is 13.1. The van der Waals surface area contributed by atoms with Gasteiger partial charge in [-0.3, -0.25) is 9.78 Å². The highest BCUT2D eigenvalue weighted by Gasteiger charge is 2.34. The van der Waals surface area contributed by atoms with Crippen LogP contribution in [0.3, 0.4) is 0 Å². The number of aromatic nitrogens is 1. The Labute approximate surface area is 153 Å². The second kappa shape index (κ2) is 7.20. The standard InChI is InChI=1S/C21H22N2O3/c1-2-25-19-7-8-20-16(11-19)10-17(14-26-20)21(24)23(18-5-6-18)13-15-4-3-9-22-12-15/h3-4,7-12,18H,2,5-6,13-14H2,1H3. The van der Waals surface area contributed by atoms with E-state index in [-0.39, 0.29) is 5.91 Å². The second-order valence-corrected chi connectivity index (χ2v) is 6.62. The monoisotopic (exact) mass is 350 g/mol. The quantitative estimate of drug-likeness (QED) is 0.801. The minimum atomic E-state index is 0.0452. The predicted molar refractivity (Wildman–Crippen MR) is 98.9 cm³/mol. The first-order valence-corrected chi connectivity index (χ1v) is 9.04. The van der Waals surface area contributed by atoms with E-state index in [1.807, 2.05) is 54.4 Å². The fourth-order valence-corrected chi connectivity index (χ4v) is 3.16. The van der Waals surface area contributed by atoms with Gasteiger partial charge in [0.25, 0.3) is 5.91 Å². The number of fused-ring (bicyclic) bond motifs is 1. The summed E-state index contributed by atoms with van der Waals surface area (Å²) in [5, 5.41) is 0. The molecule has 0 saturated heterocycles. The number of benzene rings is 1. The Morgan fingerprint density at radius 1 is 1.35 bits per heavy atom. The van der Waals surface area contributed by atoms with Crippen molar-refractivity contribution in [3.8, 4) is 11.5 Å². The van der Waals surface area contributed by atoms with Crippen molar-refractivity contribution in [2.45, 2.75) is 32.4 Å². The van der Waals surface area contributed by atoms with Crippen LogP contribution in [-0.2, 0) is 11.3 Å². The van der Waals surface area contributed by atoms with Crippen molar-refractivity contribution in [1.82, 2.24) is 9.88 Å². The van der Waals surface area contributed by atoms with Crippen LogP contribution in [-0.4, -0.2) is 35.0 Å². The van der Waals surface area contributed by atoms with E-state index in [4.69, 9.17) is 9.47 Å². The smallest absolute Gasteiger partial charge is 0.253 e. The van der Waals surface area contributed by atoms with Gasteiger partial charge in [-0.25, -0.2) is 0 Å². The highest BCUT2D eigenvalue weighted by atomic mass is 16.5. The van der Waals surface area contributed by atoms with Gasteiger partial charge in [0.2, 0.25) is 0 Å². The number of hydrogen-bond donors (Lipinski definition) is 0. The normalized spacial score (nSPS) is 15.5. The van der Waals surface area contributed by atoms with E-state index >= 15 is 0 Å². The van der Waals surface area contributed by atoms with Crippen LogP contribution in [0.2, 0.25) is 0 Å². The van der Waals surface area contributed by atoms with Gasteiger partial charge in [0, 0.05) is 30.5 Å². The zero-order valence-corrected chi connectivity index (χ0v) is 14.9. The SMILES string of the molecule is CCOc1ccc2c(c1)C=C(C(=O)N(Cc1cccnc1)C1CC1)CO2. The van der Waals surface area contributed by atoms with Crippen LogP contribution < -0.4 is 9.47 Å². The van der Waals surface area contributed by atoms with Crippen molar-refractivity contribution in [1.29, 1.82) is 0 Å². The van der Waals surface area contributed by atoms with Gasteiger partial charge < -0.3 is 14.4 Å². The number of carbonyl (C=O) groups is 1. The highest BCUT2D eigenvalue weighted by Crippen LogP contribution is 2.33. The Hall–Kier alpha value is -2.82. The summed E-state index contributed by atoms with van der Waals surface area (Å²) in [6.45, 7) is 3.44. The molecule has 0 unspecified atom stereocenters. The number of nitrogens with zero attached hydrogens (tertiary/aromatic N) is 2. The van der Waals surface area contributed by atoms with Crippen LogP contribution in [0.1, 0.15) is 30.9 Å².